The summed E-state index contributed by atoms with van der Waals surface area (Å²) in [5.74, 6) is -0.888. The van der Waals surface area contributed by atoms with E-state index in [1.54, 1.807) is 31.2 Å². The molecule has 2 aromatic carbocycles. The molecule has 7 nitrogen and oxygen atoms in total. The lowest BCUT2D eigenvalue weighted by molar-refractivity contribution is -0.143. The van der Waals surface area contributed by atoms with Crippen molar-refractivity contribution in [3.05, 3.63) is 70.3 Å². The topological polar surface area (TPSA) is 92.3 Å². The Morgan fingerprint density at radius 3 is 2.13 bits per heavy atom. The van der Waals surface area contributed by atoms with Gasteiger partial charge in [-0.2, -0.15) is 26.3 Å². The molecule has 0 fully saturated rings. The van der Waals surface area contributed by atoms with Crippen molar-refractivity contribution in [1.29, 1.82) is 0 Å². The number of anilines is 1. The van der Waals surface area contributed by atoms with Crippen LogP contribution in [0.15, 0.2) is 47.6 Å². The molecule has 14 heteroatoms. The van der Waals surface area contributed by atoms with Crippen LogP contribution < -0.4 is 5.32 Å². The Morgan fingerprint density at radius 1 is 0.974 bits per heavy atom. The molecule has 4 rings (SSSR count). The first kappa shape index (κ1) is 27.4. The van der Waals surface area contributed by atoms with Gasteiger partial charge in [-0.05, 0) is 36.2 Å². The number of sulfone groups is 1. The van der Waals surface area contributed by atoms with Crippen molar-refractivity contribution in [2.45, 2.75) is 31.0 Å². The highest BCUT2D eigenvalue weighted by atomic mass is 32.2. The first-order chi connectivity index (χ1) is 17.6. The van der Waals surface area contributed by atoms with Crippen LogP contribution in [0.3, 0.4) is 0 Å². The summed E-state index contributed by atoms with van der Waals surface area (Å²) in [6.45, 7) is 1.01. The summed E-state index contributed by atoms with van der Waals surface area (Å²) < 4.78 is 105. The minimum absolute atomic E-state index is 0.00272. The van der Waals surface area contributed by atoms with E-state index in [1.807, 2.05) is 0 Å². The normalized spacial score (nSPS) is 14.6. The number of alkyl halides is 6. The van der Waals surface area contributed by atoms with Crippen molar-refractivity contribution in [3.8, 4) is 11.3 Å². The molecule has 1 amide bonds. The predicted octanol–water partition coefficient (Wildman–Crippen LogP) is 4.96. The number of hydrogen-bond acceptors (Lipinski definition) is 6. The standard InChI is InChI=1S/C24H20F6N4O3S/c1-13-5-3-4-6-17(13)19-18-20(33-22(32-19)38(2,36)37)31-7-8-34(21(18)35)12-14-9-15(23(25,26)27)11-16(10-14)24(28,29)30/h3-6,9-11H,7-8,12H2,1-2H3,(H,31,32,33). The number of nitrogens with one attached hydrogen (secondary N) is 1. The number of carbonyl (C=O) groups excluding carboxylic acids is 1. The molecule has 0 radical (unpaired) electrons. The molecule has 3 aromatic rings. The Hall–Kier alpha value is -3.68. The van der Waals surface area contributed by atoms with E-state index < -0.39 is 50.9 Å². The fraction of sp³-hybridized carbons (Fsp3) is 0.292. The molecule has 0 aliphatic carbocycles. The summed E-state index contributed by atoms with van der Waals surface area (Å²) in [7, 11) is -3.91. The first-order valence-corrected chi connectivity index (χ1v) is 12.9. The molecule has 202 valence electrons. The Labute approximate surface area is 213 Å². The van der Waals surface area contributed by atoms with Gasteiger partial charge in [0.25, 0.3) is 5.91 Å². The third-order valence-corrected chi connectivity index (χ3v) is 6.66. The van der Waals surface area contributed by atoms with Crippen molar-refractivity contribution in [2.24, 2.45) is 0 Å². The lowest BCUT2D eigenvalue weighted by atomic mass is 10.0. The van der Waals surface area contributed by atoms with E-state index in [2.05, 4.69) is 15.3 Å². The van der Waals surface area contributed by atoms with Gasteiger partial charge in [-0.25, -0.2) is 18.4 Å². The Morgan fingerprint density at radius 2 is 1.58 bits per heavy atom. The van der Waals surface area contributed by atoms with E-state index in [-0.39, 0.29) is 41.8 Å². The van der Waals surface area contributed by atoms with Crippen molar-refractivity contribution in [3.63, 3.8) is 0 Å². The highest BCUT2D eigenvalue weighted by Gasteiger charge is 2.38. The number of halogens is 6. The number of fused-ring (bicyclic) bond motifs is 1. The van der Waals surface area contributed by atoms with Crippen LogP contribution in [0.5, 0.6) is 0 Å². The number of hydrogen-bond donors (Lipinski definition) is 1. The molecular formula is C24H20F6N4O3S. The highest BCUT2D eigenvalue weighted by Crippen LogP contribution is 2.37. The second-order valence-electron chi connectivity index (χ2n) is 8.73. The summed E-state index contributed by atoms with van der Waals surface area (Å²) in [6.07, 6.45) is -9.19. The molecular weight excluding hydrogens is 538 g/mol. The van der Waals surface area contributed by atoms with Gasteiger partial charge in [-0.15, -0.1) is 0 Å². The van der Waals surface area contributed by atoms with E-state index in [1.165, 1.54) is 0 Å². The summed E-state index contributed by atoms with van der Waals surface area (Å²) in [4.78, 5) is 22.9. The maximum absolute atomic E-state index is 13.7. The molecule has 0 bridgehead atoms. The van der Waals surface area contributed by atoms with E-state index in [0.29, 0.717) is 23.3 Å². The van der Waals surface area contributed by atoms with Crippen LogP contribution in [0, 0.1) is 6.92 Å². The fourth-order valence-electron chi connectivity index (χ4n) is 4.02. The van der Waals surface area contributed by atoms with E-state index in [0.717, 1.165) is 11.2 Å². The molecule has 38 heavy (non-hydrogen) atoms. The maximum Gasteiger partial charge on any atom is 0.416 e. The number of aromatic nitrogens is 2. The Balaban J connectivity index is 1.85. The van der Waals surface area contributed by atoms with Crippen LogP contribution in [0.2, 0.25) is 0 Å². The number of rotatable bonds is 4. The number of amides is 1. The Bertz CT molecular complexity index is 1490. The second-order valence-corrected chi connectivity index (χ2v) is 10.6. The lowest BCUT2D eigenvalue weighted by Gasteiger charge is -2.23. The zero-order chi connectivity index (χ0) is 28.0. The quantitative estimate of drug-likeness (QED) is 0.360. The average molecular weight is 559 g/mol. The minimum Gasteiger partial charge on any atom is -0.367 e. The number of aryl methyl sites for hydroxylation is 1. The van der Waals surface area contributed by atoms with Crippen LogP contribution in [0.25, 0.3) is 11.3 Å². The molecule has 1 N–H and O–H groups in total. The van der Waals surface area contributed by atoms with Crippen molar-refractivity contribution in [1.82, 2.24) is 14.9 Å². The van der Waals surface area contributed by atoms with Crippen LogP contribution in [-0.4, -0.2) is 48.5 Å². The molecule has 0 saturated carbocycles. The van der Waals surface area contributed by atoms with Crippen molar-refractivity contribution in [2.75, 3.05) is 24.7 Å². The SMILES string of the molecule is Cc1ccccc1-c1nc(S(C)(=O)=O)nc2c1C(=O)N(Cc1cc(C(F)(F)F)cc(C(F)(F)F)c1)CCN2. The second kappa shape index (κ2) is 9.57. The summed E-state index contributed by atoms with van der Waals surface area (Å²) >= 11 is 0. The molecule has 1 aliphatic heterocycles. The van der Waals surface area contributed by atoms with Crippen LogP contribution in [0.4, 0.5) is 32.2 Å². The molecule has 2 heterocycles. The maximum atomic E-state index is 13.7. The summed E-state index contributed by atoms with van der Waals surface area (Å²) in [5.41, 5.74) is -2.49. The van der Waals surface area contributed by atoms with Gasteiger partial charge in [-0.1, -0.05) is 24.3 Å². The van der Waals surface area contributed by atoms with Gasteiger partial charge < -0.3 is 10.2 Å². The van der Waals surface area contributed by atoms with Crippen LogP contribution in [-0.2, 0) is 28.7 Å². The number of benzene rings is 2. The Kier molecular flexibility index (Phi) is 6.89. The first-order valence-electron chi connectivity index (χ1n) is 11.1. The van der Waals surface area contributed by atoms with Gasteiger partial charge in [0.05, 0.1) is 16.8 Å². The lowest BCUT2D eigenvalue weighted by Crippen LogP contribution is -2.32. The molecule has 0 spiro atoms. The smallest absolute Gasteiger partial charge is 0.367 e. The van der Waals surface area contributed by atoms with Gasteiger partial charge in [0.2, 0.25) is 15.0 Å². The largest absolute Gasteiger partial charge is 0.416 e. The zero-order valence-corrected chi connectivity index (χ0v) is 20.7. The third kappa shape index (κ3) is 5.59. The molecule has 0 saturated heterocycles. The number of nitrogens with zero attached hydrogens (tertiary/aromatic N) is 3. The van der Waals surface area contributed by atoms with Gasteiger partial charge in [0.15, 0.2) is 0 Å². The third-order valence-electron chi connectivity index (χ3n) is 5.82. The minimum atomic E-state index is -5.04. The van der Waals surface area contributed by atoms with Gasteiger partial charge >= 0.3 is 12.4 Å². The zero-order valence-electron chi connectivity index (χ0n) is 19.9. The molecule has 0 unspecified atom stereocenters. The highest BCUT2D eigenvalue weighted by molar-refractivity contribution is 7.90. The monoisotopic (exact) mass is 558 g/mol. The molecule has 1 aromatic heterocycles. The summed E-state index contributed by atoms with van der Waals surface area (Å²) in [5, 5.41) is 2.30. The van der Waals surface area contributed by atoms with Gasteiger partial charge in [-0.3, -0.25) is 4.79 Å². The van der Waals surface area contributed by atoms with Crippen LogP contribution in [0.1, 0.15) is 32.6 Å². The van der Waals surface area contributed by atoms with E-state index in [4.69, 9.17) is 0 Å². The fourth-order valence-corrected chi connectivity index (χ4v) is 4.54. The average Bonchev–Trinajstić information content (AvgIpc) is 2.96. The predicted molar refractivity (Wildman–Crippen MR) is 125 cm³/mol. The van der Waals surface area contributed by atoms with E-state index >= 15 is 0 Å². The van der Waals surface area contributed by atoms with E-state index in [9.17, 15) is 39.6 Å². The van der Waals surface area contributed by atoms with Crippen LogP contribution >= 0.6 is 0 Å². The molecule has 1 aliphatic rings. The van der Waals surface area contributed by atoms with Crippen molar-refractivity contribution < 1.29 is 39.6 Å². The van der Waals surface area contributed by atoms with Crippen molar-refractivity contribution >= 4 is 21.6 Å². The van der Waals surface area contributed by atoms with Gasteiger partial charge in [0.1, 0.15) is 11.4 Å². The molecule has 0 atom stereocenters. The van der Waals surface area contributed by atoms with Gasteiger partial charge in [0, 0.05) is 31.5 Å². The number of carbonyl (C=O) groups is 1. The summed E-state index contributed by atoms with van der Waals surface area (Å²) in [6, 6.07) is 7.81.